The molecule has 1 heterocycles. The number of amides is 2. The minimum atomic E-state index is -0.319. The number of aromatic nitrogens is 2. The molecule has 0 atom stereocenters. The van der Waals surface area contributed by atoms with Crippen LogP contribution >= 0.6 is 0 Å². The number of hydrogen-bond donors (Lipinski definition) is 2. The van der Waals surface area contributed by atoms with Crippen LogP contribution in [-0.4, -0.2) is 35.8 Å². The lowest BCUT2D eigenvalue weighted by molar-refractivity contribution is -0.114. The third-order valence-electron chi connectivity index (χ3n) is 5.28. The Morgan fingerprint density at radius 3 is 2.28 bits per heavy atom. The smallest absolute Gasteiger partial charge is 0.248 e. The van der Waals surface area contributed by atoms with Gasteiger partial charge in [-0.15, -0.1) is 0 Å². The van der Waals surface area contributed by atoms with E-state index in [1.54, 1.807) is 49.2 Å². The van der Waals surface area contributed by atoms with Crippen LogP contribution in [0.1, 0.15) is 12.5 Å². The van der Waals surface area contributed by atoms with E-state index in [9.17, 15) is 9.59 Å². The summed E-state index contributed by atoms with van der Waals surface area (Å²) in [7, 11) is 3.16. The van der Waals surface area contributed by atoms with Crippen LogP contribution in [0.25, 0.3) is 23.0 Å². The predicted molar refractivity (Wildman–Crippen MR) is 141 cm³/mol. The average Bonchev–Trinajstić information content (AvgIpc) is 3.32. The van der Waals surface area contributed by atoms with Gasteiger partial charge in [-0.05, 0) is 54.6 Å². The summed E-state index contributed by atoms with van der Waals surface area (Å²) in [4.78, 5) is 24.0. The molecular formula is C28H26N4O4. The van der Waals surface area contributed by atoms with Crippen LogP contribution in [0.4, 0.5) is 11.4 Å². The Labute approximate surface area is 209 Å². The summed E-state index contributed by atoms with van der Waals surface area (Å²) in [5.41, 5.74) is 4.29. The third-order valence-corrected chi connectivity index (χ3v) is 5.28. The van der Waals surface area contributed by atoms with Crippen LogP contribution in [0.5, 0.6) is 11.5 Å². The molecule has 4 aromatic rings. The van der Waals surface area contributed by atoms with E-state index < -0.39 is 0 Å². The van der Waals surface area contributed by atoms with Crippen LogP contribution in [0.2, 0.25) is 0 Å². The highest BCUT2D eigenvalue weighted by atomic mass is 16.5. The fourth-order valence-electron chi connectivity index (χ4n) is 3.66. The molecule has 0 bridgehead atoms. The molecule has 3 aromatic carbocycles. The van der Waals surface area contributed by atoms with E-state index in [4.69, 9.17) is 14.6 Å². The van der Waals surface area contributed by atoms with Gasteiger partial charge >= 0.3 is 0 Å². The topological polar surface area (TPSA) is 94.5 Å². The minimum Gasteiger partial charge on any atom is -0.493 e. The van der Waals surface area contributed by atoms with E-state index in [2.05, 4.69) is 10.6 Å². The lowest BCUT2D eigenvalue weighted by Gasteiger charge is -2.09. The second-order valence-electron chi connectivity index (χ2n) is 7.87. The minimum absolute atomic E-state index is 0.184. The number of rotatable bonds is 8. The summed E-state index contributed by atoms with van der Waals surface area (Å²) < 4.78 is 12.6. The van der Waals surface area contributed by atoms with Crippen molar-refractivity contribution < 1.29 is 19.1 Å². The number of benzene rings is 3. The summed E-state index contributed by atoms with van der Waals surface area (Å²) in [6.07, 6.45) is 5.02. The number of carbonyl (C=O) groups excluding carboxylic acids is 2. The first-order valence-electron chi connectivity index (χ1n) is 11.2. The molecule has 36 heavy (non-hydrogen) atoms. The van der Waals surface area contributed by atoms with E-state index in [0.717, 1.165) is 16.8 Å². The fraction of sp³-hybridized carbons (Fsp3) is 0.107. The van der Waals surface area contributed by atoms with Crippen LogP contribution in [-0.2, 0) is 9.59 Å². The summed E-state index contributed by atoms with van der Waals surface area (Å²) in [6.45, 7) is 1.43. The summed E-state index contributed by atoms with van der Waals surface area (Å²) in [5, 5.41) is 10.3. The Bertz CT molecular complexity index is 1410. The van der Waals surface area contributed by atoms with Gasteiger partial charge in [-0.25, -0.2) is 4.68 Å². The highest BCUT2D eigenvalue weighted by Gasteiger charge is 2.14. The standard InChI is InChI=1S/C28H26N4O4/c1-19(33)29-22-8-7-9-23(17-22)30-27(34)15-13-21-18-32(24-10-5-4-6-11-24)31-28(21)20-12-14-25(35-2)26(16-20)36-3/h4-18H,1-3H3,(H,29,33)(H,30,34)/b15-13+. The summed E-state index contributed by atoms with van der Waals surface area (Å²) >= 11 is 0. The van der Waals surface area contributed by atoms with Gasteiger partial charge in [-0.2, -0.15) is 5.10 Å². The molecule has 0 aliphatic carbocycles. The number of ether oxygens (including phenoxy) is 2. The fourth-order valence-corrected chi connectivity index (χ4v) is 3.66. The molecular weight excluding hydrogens is 456 g/mol. The van der Waals surface area contributed by atoms with Crippen LogP contribution < -0.4 is 20.1 Å². The molecule has 0 radical (unpaired) electrons. The number of carbonyl (C=O) groups is 2. The van der Waals surface area contributed by atoms with E-state index in [1.165, 1.54) is 13.0 Å². The number of nitrogens with zero attached hydrogens (tertiary/aromatic N) is 2. The number of hydrogen-bond acceptors (Lipinski definition) is 5. The van der Waals surface area contributed by atoms with E-state index in [1.807, 2.05) is 54.7 Å². The Morgan fingerprint density at radius 2 is 1.58 bits per heavy atom. The number of anilines is 2. The Balaban J connectivity index is 1.64. The van der Waals surface area contributed by atoms with Crippen molar-refractivity contribution in [2.75, 3.05) is 24.9 Å². The molecule has 0 saturated carbocycles. The van der Waals surface area contributed by atoms with Crippen LogP contribution in [0, 0.1) is 0 Å². The van der Waals surface area contributed by atoms with Gasteiger partial charge in [0.2, 0.25) is 11.8 Å². The zero-order chi connectivity index (χ0) is 25.5. The van der Waals surface area contributed by atoms with E-state index in [-0.39, 0.29) is 11.8 Å². The van der Waals surface area contributed by atoms with Gasteiger partial charge in [-0.3, -0.25) is 9.59 Å². The quantitative estimate of drug-likeness (QED) is 0.338. The molecule has 0 spiro atoms. The molecule has 2 N–H and O–H groups in total. The first-order chi connectivity index (χ1) is 17.5. The molecule has 1 aromatic heterocycles. The highest BCUT2D eigenvalue weighted by Crippen LogP contribution is 2.33. The molecule has 0 fully saturated rings. The average molecular weight is 483 g/mol. The SMILES string of the molecule is COc1ccc(-c2nn(-c3ccccc3)cc2/C=C/C(=O)Nc2cccc(NC(C)=O)c2)cc1OC. The maximum absolute atomic E-state index is 12.7. The zero-order valence-corrected chi connectivity index (χ0v) is 20.2. The zero-order valence-electron chi connectivity index (χ0n) is 20.2. The Morgan fingerprint density at radius 1 is 0.861 bits per heavy atom. The largest absolute Gasteiger partial charge is 0.493 e. The third kappa shape index (κ3) is 5.79. The molecule has 0 unspecified atom stereocenters. The molecule has 182 valence electrons. The molecule has 0 saturated heterocycles. The lowest BCUT2D eigenvalue weighted by Crippen LogP contribution is -2.09. The van der Waals surface area contributed by atoms with Gasteiger partial charge < -0.3 is 20.1 Å². The van der Waals surface area contributed by atoms with Crippen molar-refractivity contribution in [2.45, 2.75) is 6.92 Å². The second-order valence-corrected chi connectivity index (χ2v) is 7.87. The van der Waals surface area contributed by atoms with Gasteiger partial charge in [0.15, 0.2) is 11.5 Å². The molecule has 2 amide bonds. The summed E-state index contributed by atoms with van der Waals surface area (Å²) in [5.74, 6) is 0.690. The molecule has 4 rings (SSSR count). The molecule has 0 aliphatic rings. The van der Waals surface area contributed by atoms with Crippen molar-refractivity contribution in [1.82, 2.24) is 9.78 Å². The van der Waals surface area contributed by atoms with E-state index in [0.29, 0.717) is 28.6 Å². The van der Waals surface area contributed by atoms with Gasteiger partial charge in [0.1, 0.15) is 5.69 Å². The Hall–Kier alpha value is -4.85. The van der Waals surface area contributed by atoms with Crippen molar-refractivity contribution in [1.29, 1.82) is 0 Å². The van der Waals surface area contributed by atoms with Crippen molar-refractivity contribution in [3.8, 4) is 28.4 Å². The van der Waals surface area contributed by atoms with Gasteiger partial charge in [0, 0.05) is 41.7 Å². The number of nitrogens with one attached hydrogen (secondary N) is 2. The van der Waals surface area contributed by atoms with Crippen molar-refractivity contribution in [3.63, 3.8) is 0 Å². The first-order valence-corrected chi connectivity index (χ1v) is 11.2. The van der Waals surface area contributed by atoms with Gasteiger partial charge in [-0.1, -0.05) is 24.3 Å². The molecule has 0 aliphatic heterocycles. The highest BCUT2D eigenvalue weighted by molar-refractivity contribution is 6.03. The van der Waals surface area contributed by atoms with E-state index >= 15 is 0 Å². The van der Waals surface area contributed by atoms with Crippen LogP contribution in [0.3, 0.4) is 0 Å². The normalized spacial score (nSPS) is 10.8. The van der Waals surface area contributed by atoms with Crippen LogP contribution in [0.15, 0.2) is 85.1 Å². The van der Waals surface area contributed by atoms with Crippen molar-refractivity contribution >= 4 is 29.3 Å². The monoisotopic (exact) mass is 482 g/mol. The van der Waals surface area contributed by atoms with Gasteiger partial charge in [0.25, 0.3) is 0 Å². The van der Waals surface area contributed by atoms with Crippen molar-refractivity contribution in [2.24, 2.45) is 0 Å². The number of para-hydroxylation sites is 1. The summed E-state index contributed by atoms with van der Waals surface area (Å²) in [6, 6.07) is 22.2. The number of methoxy groups -OCH3 is 2. The molecule has 8 heteroatoms. The predicted octanol–water partition coefficient (Wildman–Crippen LogP) is 5.17. The first kappa shape index (κ1) is 24.3. The van der Waals surface area contributed by atoms with Gasteiger partial charge in [0.05, 0.1) is 19.9 Å². The van der Waals surface area contributed by atoms with Crippen molar-refractivity contribution in [3.05, 3.63) is 90.6 Å². The maximum Gasteiger partial charge on any atom is 0.248 e. The second kappa shape index (κ2) is 11.1. The maximum atomic E-state index is 12.7. The lowest BCUT2D eigenvalue weighted by atomic mass is 10.1. The Kier molecular flexibility index (Phi) is 7.45. The molecule has 8 nitrogen and oxygen atoms in total.